The molecular weight excluding hydrogens is 250 g/mol. The number of hydrogen-bond donors (Lipinski definition) is 1. The molecule has 0 fully saturated rings. The lowest BCUT2D eigenvalue weighted by Gasteiger charge is -2.07. The van der Waals surface area contributed by atoms with Crippen molar-refractivity contribution in [3.05, 3.63) is 65.2 Å². The van der Waals surface area contributed by atoms with Crippen molar-refractivity contribution in [3.8, 4) is 6.07 Å². The highest BCUT2D eigenvalue weighted by molar-refractivity contribution is 6.04. The van der Waals surface area contributed by atoms with Gasteiger partial charge in [0.2, 0.25) is 0 Å². The van der Waals surface area contributed by atoms with E-state index in [9.17, 15) is 13.6 Å². The van der Waals surface area contributed by atoms with Gasteiger partial charge >= 0.3 is 0 Å². The first kappa shape index (κ1) is 12.7. The molecule has 0 heterocycles. The summed E-state index contributed by atoms with van der Waals surface area (Å²) in [4.78, 5) is 11.8. The number of carbonyl (C=O) groups excluding carboxylic acids is 1. The molecule has 0 atom stereocenters. The maximum absolute atomic E-state index is 13.7. The molecule has 2 rings (SSSR count). The Kier molecular flexibility index (Phi) is 3.53. The number of rotatable bonds is 2. The zero-order valence-electron chi connectivity index (χ0n) is 9.65. The summed E-state index contributed by atoms with van der Waals surface area (Å²) in [5, 5.41) is 11.0. The van der Waals surface area contributed by atoms with Gasteiger partial charge in [-0.05, 0) is 36.4 Å². The third-order valence-corrected chi connectivity index (χ3v) is 2.47. The predicted octanol–water partition coefficient (Wildman–Crippen LogP) is 3.09. The quantitative estimate of drug-likeness (QED) is 0.899. The van der Waals surface area contributed by atoms with Gasteiger partial charge in [-0.25, -0.2) is 8.78 Å². The molecule has 94 valence electrons. The van der Waals surface area contributed by atoms with Crippen LogP contribution in [0.2, 0.25) is 0 Å². The van der Waals surface area contributed by atoms with Crippen molar-refractivity contribution in [2.75, 3.05) is 5.32 Å². The van der Waals surface area contributed by atoms with Gasteiger partial charge in [0.25, 0.3) is 5.91 Å². The van der Waals surface area contributed by atoms with Gasteiger partial charge in [-0.1, -0.05) is 6.07 Å². The van der Waals surface area contributed by atoms with Crippen molar-refractivity contribution in [2.24, 2.45) is 0 Å². The second kappa shape index (κ2) is 5.27. The van der Waals surface area contributed by atoms with E-state index in [1.165, 1.54) is 30.3 Å². The molecule has 1 N–H and O–H groups in total. The van der Waals surface area contributed by atoms with Crippen LogP contribution in [0.25, 0.3) is 0 Å². The Morgan fingerprint density at radius 1 is 1.11 bits per heavy atom. The molecule has 0 aliphatic heterocycles. The van der Waals surface area contributed by atoms with Crippen LogP contribution in [0.4, 0.5) is 14.5 Å². The summed E-state index contributed by atoms with van der Waals surface area (Å²) in [6.45, 7) is 0. The number of halogens is 2. The Hall–Kier alpha value is -2.74. The summed E-state index contributed by atoms with van der Waals surface area (Å²) < 4.78 is 26.4. The highest BCUT2D eigenvalue weighted by Crippen LogP contribution is 2.18. The highest BCUT2D eigenvalue weighted by atomic mass is 19.1. The number of nitrogens with one attached hydrogen (secondary N) is 1. The van der Waals surface area contributed by atoms with Crippen molar-refractivity contribution in [3.63, 3.8) is 0 Å². The molecule has 19 heavy (non-hydrogen) atoms. The third-order valence-electron chi connectivity index (χ3n) is 2.47. The molecule has 2 aromatic carbocycles. The van der Waals surface area contributed by atoms with E-state index in [-0.39, 0.29) is 16.8 Å². The first-order valence-electron chi connectivity index (χ1n) is 5.37. The predicted molar refractivity (Wildman–Crippen MR) is 65.5 cm³/mol. The minimum absolute atomic E-state index is 0.0895. The Morgan fingerprint density at radius 3 is 2.42 bits per heavy atom. The lowest BCUT2D eigenvalue weighted by Crippen LogP contribution is -2.13. The van der Waals surface area contributed by atoms with E-state index >= 15 is 0 Å². The average Bonchev–Trinajstić information content (AvgIpc) is 2.42. The van der Waals surface area contributed by atoms with Crippen molar-refractivity contribution in [2.45, 2.75) is 0 Å². The zero-order valence-corrected chi connectivity index (χ0v) is 9.65. The van der Waals surface area contributed by atoms with E-state index in [4.69, 9.17) is 5.26 Å². The summed E-state index contributed by atoms with van der Waals surface area (Å²) in [6, 6.07) is 10.6. The van der Waals surface area contributed by atoms with Crippen molar-refractivity contribution >= 4 is 11.6 Å². The Morgan fingerprint density at radius 2 is 1.79 bits per heavy atom. The molecule has 0 aliphatic carbocycles. The standard InChI is InChI=1S/C14H8F2N2O/c15-11-6-4-9(5-7-11)14(19)18-12-3-1-2-10(8-17)13(12)16/h1-7H,(H,18,19). The summed E-state index contributed by atoms with van der Waals surface area (Å²) in [7, 11) is 0. The van der Waals surface area contributed by atoms with E-state index in [0.717, 1.165) is 12.1 Å². The van der Waals surface area contributed by atoms with Gasteiger partial charge in [-0.3, -0.25) is 4.79 Å². The van der Waals surface area contributed by atoms with E-state index in [2.05, 4.69) is 5.32 Å². The van der Waals surface area contributed by atoms with E-state index in [1.807, 2.05) is 0 Å². The second-order valence-corrected chi connectivity index (χ2v) is 3.74. The molecule has 0 saturated heterocycles. The molecule has 0 unspecified atom stereocenters. The van der Waals surface area contributed by atoms with Crippen LogP contribution >= 0.6 is 0 Å². The Balaban J connectivity index is 2.25. The van der Waals surface area contributed by atoms with Gasteiger partial charge in [-0.15, -0.1) is 0 Å². The Bertz CT molecular complexity index is 660. The van der Waals surface area contributed by atoms with Crippen LogP contribution in [-0.4, -0.2) is 5.91 Å². The minimum Gasteiger partial charge on any atom is -0.319 e. The van der Waals surface area contributed by atoms with Crippen LogP contribution in [0.3, 0.4) is 0 Å². The number of carbonyl (C=O) groups is 1. The maximum Gasteiger partial charge on any atom is 0.255 e. The summed E-state index contributed by atoms with van der Waals surface area (Å²) in [5.74, 6) is -1.83. The second-order valence-electron chi connectivity index (χ2n) is 3.74. The molecule has 1 amide bonds. The largest absolute Gasteiger partial charge is 0.319 e. The topological polar surface area (TPSA) is 52.9 Å². The molecule has 0 saturated carbocycles. The lowest BCUT2D eigenvalue weighted by atomic mass is 10.1. The zero-order chi connectivity index (χ0) is 13.8. The van der Waals surface area contributed by atoms with E-state index in [0.29, 0.717) is 0 Å². The highest BCUT2D eigenvalue weighted by Gasteiger charge is 2.11. The smallest absolute Gasteiger partial charge is 0.255 e. The van der Waals surface area contributed by atoms with Gasteiger partial charge in [0.1, 0.15) is 11.9 Å². The first-order valence-corrected chi connectivity index (χ1v) is 5.37. The van der Waals surface area contributed by atoms with Crippen molar-refractivity contribution in [1.29, 1.82) is 5.26 Å². The van der Waals surface area contributed by atoms with Crippen LogP contribution in [0, 0.1) is 23.0 Å². The lowest BCUT2D eigenvalue weighted by molar-refractivity contribution is 0.102. The first-order chi connectivity index (χ1) is 9.11. The summed E-state index contributed by atoms with van der Waals surface area (Å²) in [5.41, 5.74) is -0.0477. The molecule has 0 aliphatic rings. The fourth-order valence-electron chi connectivity index (χ4n) is 1.51. The molecule has 2 aromatic rings. The number of amides is 1. The number of anilines is 1. The molecule has 3 nitrogen and oxygen atoms in total. The van der Waals surface area contributed by atoms with E-state index < -0.39 is 17.5 Å². The normalized spacial score (nSPS) is 9.74. The number of nitrogens with zero attached hydrogens (tertiary/aromatic N) is 1. The van der Waals surface area contributed by atoms with Gasteiger partial charge in [0.05, 0.1) is 11.3 Å². The molecule has 0 aromatic heterocycles. The molecular formula is C14H8F2N2O. The van der Waals surface area contributed by atoms with E-state index in [1.54, 1.807) is 6.07 Å². The molecule has 0 bridgehead atoms. The molecule has 0 radical (unpaired) electrons. The fraction of sp³-hybridized carbons (Fsp3) is 0. The fourth-order valence-corrected chi connectivity index (χ4v) is 1.51. The number of benzene rings is 2. The average molecular weight is 258 g/mol. The van der Waals surface area contributed by atoms with Crippen LogP contribution in [-0.2, 0) is 0 Å². The van der Waals surface area contributed by atoms with Crippen LogP contribution in [0.5, 0.6) is 0 Å². The van der Waals surface area contributed by atoms with Crippen LogP contribution < -0.4 is 5.32 Å². The van der Waals surface area contributed by atoms with Gasteiger partial charge in [0.15, 0.2) is 5.82 Å². The maximum atomic E-state index is 13.7. The summed E-state index contributed by atoms with van der Waals surface area (Å²) in [6.07, 6.45) is 0. The number of hydrogen-bond acceptors (Lipinski definition) is 2. The van der Waals surface area contributed by atoms with Crippen LogP contribution in [0.15, 0.2) is 42.5 Å². The molecule has 0 spiro atoms. The van der Waals surface area contributed by atoms with Crippen molar-refractivity contribution < 1.29 is 13.6 Å². The molecule has 5 heteroatoms. The van der Waals surface area contributed by atoms with Crippen molar-refractivity contribution in [1.82, 2.24) is 0 Å². The monoisotopic (exact) mass is 258 g/mol. The summed E-state index contributed by atoms with van der Waals surface area (Å²) >= 11 is 0. The van der Waals surface area contributed by atoms with Gasteiger partial charge in [-0.2, -0.15) is 5.26 Å². The SMILES string of the molecule is N#Cc1cccc(NC(=O)c2ccc(F)cc2)c1F. The van der Waals surface area contributed by atoms with Crippen LogP contribution in [0.1, 0.15) is 15.9 Å². The van der Waals surface area contributed by atoms with Gasteiger partial charge < -0.3 is 5.32 Å². The minimum atomic E-state index is -0.791. The number of nitriles is 1. The Labute approximate surface area is 108 Å². The third kappa shape index (κ3) is 2.75. The van der Waals surface area contributed by atoms with Gasteiger partial charge in [0, 0.05) is 5.56 Å².